The van der Waals surface area contributed by atoms with Crippen LogP contribution in [0.25, 0.3) is 22.2 Å². The van der Waals surface area contributed by atoms with Crippen LogP contribution in [0, 0.1) is 0 Å². The average Bonchev–Trinajstić information content (AvgIpc) is 2.99. The molecule has 0 radical (unpaired) electrons. The summed E-state index contributed by atoms with van der Waals surface area (Å²) in [6.07, 6.45) is 3.51. The SMILES string of the molecule is Cn1cc(-c2cccc(OCc3ccccc3)c2)c2c(N)ncnc21. The summed E-state index contributed by atoms with van der Waals surface area (Å²) in [5.41, 5.74) is 10.1. The third-order valence-electron chi connectivity index (χ3n) is 4.18. The molecule has 0 amide bonds. The Morgan fingerprint density at radius 1 is 1.04 bits per heavy atom. The van der Waals surface area contributed by atoms with Crippen LogP contribution in [-0.2, 0) is 13.7 Å². The van der Waals surface area contributed by atoms with Gasteiger partial charge in [-0.15, -0.1) is 0 Å². The Kier molecular flexibility index (Phi) is 3.82. The molecule has 2 N–H and O–H groups in total. The minimum absolute atomic E-state index is 0.483. The molecule has 0 aliphatic heterocycles. The van der Waals surface area contributed by atoms with Crippen molar-refractivity contribution in [1.29, 1.82) is 0 Å². The van der Waals surface area contributed by atoms with Crippen molar-refractivity contribution in [2.24, 2.45) is 7.05 Å². The number of nitrogen functional groups attached to an aromatic ring is 1. The third-order valence-corrected chi connectivity index (χ3v) is 4.18. The van der Waals surface area contributed by atoms with Crippen LogP contribution in [0.2, 0.25) is 0 Å². The first-order valence-electron chi connectivity index (χ1n) is 8.05. The normalized spacial score (nSPS) is 10.9. The van der Waals surface area contributed by atoms with Gasteiger partial charge in [0.05, 0.1) is 5.39 Å². The largest absolute Gasteiger partial charge is 0.489 e. The molecule has 2 heterocycles. The summed E-state index contributed by atoms with van der Waals surface area (Å²) in [6, 6.07) is 18.1. The maximum absolute atomic E-state index is 6.08. The van der Waals surface area contributed by atoms with Gasteiger partial charge in [-0.1, -0.05) is 42.5 Å². The second-order valence-corrected chi connectivity index (χ2v) is 5.91. The van der Waals surface area contributed by atoms with E-state index in [1.807, 2.05) is 72.4 Å². The Labute approximate surface area is 145 Å². The summed E-state index contributed by atoms with van der Waals surface area (Å²) in [7, 11) is 1.95. The molecule has 0 atom stereocenters. The zero-order valence-electron chi connectivity index (χ0n) is 13.9. The van der Waals surface area contributed by atoms with Crippen molar-refractivity contribution in [3.8, 4) is 16.9 Å². The fraction of sp³-hybridized carbons (Fsp3) is 0.100. The summed E-state index contributed by atoms with van der Waals surface area (Å²) in [6.45, 7) is 0.533. The lowest BCUT2D eigenvalue weighted by Gasteiger charge is -2.08. The first-order chi connectivity index (χ1) is 12.2. The van der Waals surface area contributed by atoms with Crippen LogP contribution < -0.4 is 10.5 Å². The lowest BCUT2D eigenvalue weighted by molar-refractivity contribution is 0.306. The molecule has 5 heteroatoms. The van der Waals surface area contributed by atoms with Gasteiger partial charge in [0, 0.05) is 18.8 Å². The number of rotatable bonds is 4. The molecule has 4 aromatic rings. The quantitative estimate of drug-likeness (QED) is 0.618. The average molecular weight is 330 g/mol. The highest BCUT2D eigenvalue weighted by molar-refractivity contribution is 6.00. The summed E-state index contributed by atoms with van der Waals surface area (Å²) in [5.74, 6) is 1.30. The maximum Gasteiger partial charge on any atom is 0.145 e. The predicted molar refractivity (Wildman–Crippen MR) is 99.1 cm³/mol. The highest BCUT2D eigenvalue weighted by atomic mass is 16.5. The highest BCUT2D eigenvalue weighted by Crippen LogP contribution is 2.33. The zero-order valence-corrected chi connectivity index (χ0v) is 13.9. The van der Waals surface area contributed by atoms with E-state index in [-0.39, 0.29) is 0 Å². The van der Waals surface area contributed by atoms with Crippen molar-refractivity contribution in [2.45, 2.75) is 6.61 Å². The van der Waals surface area contributed by atoms with Crippen LogP contribution in [0.1, 0.15) is 5.56 Å². The molecule has 5 nitrogen and oxygen atoms in total. The fourth-order valence-corrected chi connectivity index (χ4v) is 2.95. The lowest BCUT2D eigenvalue weighted by atomic mass is 10.1. The highest BCUT2D eigenvalue weighted by Gasteiger charge is 2.13. The van der Waals surface area contributed by atoms with Gasteiger partial charge < -0.3 is 15.0 Å². The smallest absolute Gasteiger partial charge is 0.145 e. The molecule has 0 saturated heterocycles. The molecule has 0 bridgehead atoms. The minimum Gasteiger partial charge on any atom is -0.489 e. The minimum atomic E-state index is 0.483. The first-order valence-corrected chi connectivity index (χ1v) is 8.05. The van der Waals surface area contributed by atoms with Crippen molar-refractivity contribution in [3.63, 3.8) is 0 Å². The number of hydrogen-bond acceptors (Lipinski definition) is 4. The van der Waals surface area contributed by atoms with Gasteiger partial charge in [-0.05, 0) is 23.3 Å². The van der Waals surface area contributed by atoms with Crippen molar-refractivity contribution in [2.75, 3.05) is 5.73 Å². The second kappa shape index (κ2) is 6.28. The van der Waals surface area contributed by atoms with E-state index in [0.29, 0.717) is 12.4 Å². The number of benzene rings is 2. The van der Waals surface area contributed by atoms with Crippen LogP contribution >= 0.6 is 0 Å². The topological polar surface area (TPSA) is 66.0 Å². The van der Waals surface area contributed by atoms with Gasteiger partial charge in [0.15, 0.2) is 0 Å². The van der Waals surface area contributed by atoms with Crippen LogP contribution in [0.3, 0.4) is 0 Å². The number of aryl methyl sites for hydroxylation is 1. The summed E-state index contributed by atoms with van der Waals surface area (Å²) in [5, 5.41) is 0.866. The predicted octanol–water partition coefficient (Wildman–Crippen LogP) is 3.80. The van der Waals surface area contributed by atoms with Gasteiger partial charge in [-0.3, -0.25) is 0 Å². The van der Waals surface area contributed by atoms with Crippen LogP contribution in [0.5, 0.6) is 5.75 Å². The van der Waals surface area contributed by atoms with E-state index < -0.39 is 0 Å². The van der Waals surface area contributed by atoms with Crippen molar-refractivity contribution in [1.82, 2.24) is 14.5 Å². The van der Waals surface area contributed by atoms with E-state index in [9.17, 15) is 0 Å². The third kappa shape index (κ3) is 2.92. The number of fused-ring (bicyclic) bond motifs is 1. The number of nitrogens with two attached hydrogens (primary N) is 1. The first kappa shape index (κ1) is 15.2. The van der Waals surface area contributed by atoms with Gasteiger partial charge in [0.1, 0.15) is 30.1 Å². The number of anilines is 1. The van der Waals surface area contributed by atoms with Gasteiger partial charge >= 0.3 is 0 Å². The molecule has 2 aromatic carbocycles. The standard InChI is InChI=1S/C20H18N4O/c1-24-11-17(18-19(21)22-13-23-20(18)24)15-8-5-9-16(10-15)25-12-14-6-3-2-4-7-14/h2-11,13H,12H2,1H3,(H2,21,22,23). The molecule has 4 rings (SSSR count). The number of aromatic nitrogens is 3. The Morgan fingerprint density at radius 3 is 2.72 bits per heavy atom. The molecule has 124 valence electrons. The van der Waals surface area contributed by atoms with Crippen LogP contribution in [-0.4, -0.2) is 14.5 Å². The number of ether oxygens (including phenoxy) is 1. The van der Waals surface area contributed by atoms with Crippen LogP contribution in [0.4, 0.5) is 5.82 Å². The van der Waals surface area contributed by atoms with E-state index >= 15 is 0 Å². The van der Waals surface area contributed by atoms with E-state index in [1.165, 1.54) is 6.33 Å². The molecule has 0 unspecified atom stereocenters. The van der Waals surface area contributed by atoms with Crippen molar-refractivity contribution >= 4 is 16.9 Å². The maximum atomic E-state index is 6.08. The molecular weight excluding hydrogens is 312 g/mol. The summed E-state index contributed by atoms with van der Waals surface area (Å²) < 4.78 is 7.89. The van der Waals surface area contributed by atoms with Crippen molar-refractivity contribution in [3.05, 3.63) is 72.7 Å². The second-order valence-electron chi connectivity index (χ2n) is 5.91. The Morgan fingerprint density at radius 2 is 1.88 bits per heavy atom. The summed E-state index contributed by atoms with van der Waals surface area (Å²) >= 11 is 0. The molecule has 0 spiro atoms. The van der Waals surface area contributed by atoms with Crippen LogP contribution in [0.15, 0.2) is 67.1 Å². The zero-order chi connectivity index (χ0) is 17.2. The van der Waals surface area contributed by atoms with E-state index in [2.05, 4.69) is 9.97 Å². The van der Waals surface area contributed by atoms with Crippen molar-refractivity contribution < 1.29 is 4.74 Å². The van der Waals surface area contributed by atoms with Gasteiger partial charge in [-0.25, -0.2) is 9.97 Å². The Hall–Kier alpha value is -3.34. The number of hydrogen-bond donors (Lipinski definition) is 1. The fourth-order valence-electron chi connectivity index (χ4n) is 2.95. The molecule has 25 heavy (non-hydrogen) atoms. The molecule has 0 aliphatic carbocycles. The van der Waals surface area contributed by atoms with E-state index in [0.717, 1.165) is 33.5 Å². The number of nitrogens with zero attached hydrogens (tertiary/aromatic N) is 3. The monoisotopic (exact) mass is 330 g/mol. The molecule has 0 aliphatic rings. The van der Waals surface area contributed by atoms with Gasteiger partial charge in [-0.2, -0.15) is 0 Å². The Balaban J connectivity index is 1.68. The Bertz CT molecular complexity index is 1020. The summed E-state index contributed by atoms with van der Waals surface area (Å²) in [4.78, 5) is 8.45. The molecule has 0 fully saturated rings. The van der Waals surface area contributed by atoms with Gasteiger partial charge in [0.25, 0.3) is 0 Å². The molecular formula is C20H18N4O. The molecule has 2 aromatic heterocycles. The van der Waals surface area contributed by atoms with E-state index in [1.54, 1.807) is 0 Å². The van der Waals surface area contributed by atoms with Gasteiger partial charge in [0.2, 0.25) is 0 Å². The lowest BCUT2D eigenvalue weighted by Crippen LogP contribution is -1.95. The molecule has 0 saturated carbocycles. The van der Waals surface area contributed by atoms with E-state index in [4.69, 9.17) is 10.5 Å².